The number of aliphatic hydroxyl groups excluding tert-OH is 2. The molecule has 0 aliphatic rings. The lowest BCUT2D eigenvalue weighted by Crippen LogP contribution is -2.21. The predicted octanol–water partition coefficient (Wildman–Crippen LogP) is 0.959. The summed E-state index contributed by atoms with van der Waals surface area (Å²) in [6.07, 6.45) is -0.593. The average Bonchev–Trinajstić information content (AvgIpc) is 2.28. The summed E-state index contributed by atoms with van der Waals surface area (Å²) < 4.78 is 0. The number of hydrogen-bond donors (Lipinski definition) is 3. The topological polar surface area (TPSA) is 90.7 Å². The molecule has 0 bridgehead atoms. The van der Waals surface area contributed by atoms with Gasteiger partial charge in [0.1, 0.15) is 6.10 Å². The molecule has 1 rings (SSSR count). The van der Waals surface area contributed by atoms with E-state index in [4.69, 9.17) is 5.11 Å². The Morgan fingerprint density at radius 1 is 1.50 bits per heavy atom. The first-order chi connectivity index (χ1) is 7.57. The van der Waals surface area contributed by atoms with Crippen LogP contribution in [0.1, 0.15) is 28.6 Å². The molecule has 0 radical (unpaired) electrons. The molecule has 88 valence electrons. The molecule has 0 saturated heterocycles. The summed E-state index contributed by atoms with van der Waals surface area (Å²) in [4.78, 5) is 14.5. The Balaban J connectivity index is 2.98. The van der Waals surface area contributed by atoms with Gasteiger partial charge in [0.2, 0.25) is 0 Å². The monoisotopic (exact) mass is 289 g/mol. The summed E-state index contributed by atoms with van der Waals surface area (Å²) in [6.45, 7) is 0. The lowest BCUT2D eigenvalue weighted by Gasteiger charge is -2.18. The first-order valence-corrected chi connectivity index (χ1v) is 5.80. The molecule has 2 unspecified atom stereocenters. The van der Waals surface area contributed by atoms with Crippen molar-refractivity contribution >= 4 is 21.9 Å². The highest BCUT2D eigenvalue weighted by molar-refractivity contribution is 9.09. The van der Waals surface area contributed by atoms with Crippen molar-refractivity contribution in [1.29, 1.82) is 0 Å². The second kappa shape index (κ2) is 5.93. The molecule has 0 fully saturated rings. The van der Waals surface area contributed by atoms with Crippen molar-refractivity contribution in [2.75, 3.05) is 5.33 Å². The lowest BCUT2D eigenvalue weighted by atomic mass is 10.0. The van der Waals surface area contributed by atoms with E-state index in [9.17, 15) is 15.0 Å². The van der Waals surface area contributed by atoms with Crippen molar-refractivity contribution in [3.8, 4) is 0 Å². The van der Waals surface area contributed by atoms with Crippen LogP contribution in [0.2, 0.25) is 0 Å². The second-order valence-electron chi connectivity index (χ2n) is 3.24. The molecule has 0 aliphatic heterocycles. The second-order valence-corrected chi connectivity index (χ2v) is 4.03. The van der Waals surface area contributed by atoms with Crippen molar-refractivity contribution in [3.05, 3.63) is 29.6 Å². The number of pyridine rings is 1. The molecule has 5 nitrogen and oxygen atoms in total. The van der Waals surface area contributed by atoms with Gasteiger partial charge in [-0.2, -0.15) is 0 Å². The molecular weight excluding hydrogens is 278 g/mol. The Morgan fingerprint density at radius 3 is 2.75 bits per heavy atom. The molecule has 1 aromatic rings. The Bertz CT molecular complexity index is 372. The highest BCUT2D eigenvalue weighted by Crippen LogP contribution is 2.21. The number of carbonyl (C=O) groups is 1. The van der Waals surface area contributed by atoms with Crippen molar-refractivity contribution < 1.29 is 20.1 Å². The van der Waals surface area contributed by atoms with E-state index in [0.717, 1.165) is 0 Å². The van der Waals surface area contributed by atoms with Gasteiger partial charge < -0.3 is 15.3 Å². The normalized spacial score (nSPS) is 14.4. The molecule has 3 N–H and O–H groups in total. The van der Waals surface area contributed by atoms with E-state index >= 15 is 0 Å². The van der Waals surface area contributed by atoms with Gasteiger partial charge in [-0.3, -0.25) is 0 Å². The van der Waals surface area contributed by atoms with Crippen molar-refractivity contribution in [3.63, 3.8) is 0 Å². The van der Waals surface area contributed by atoms with Gasteiger partial charge in [0.25, 0.3) is 0 Å². The number of aromatic nitrogens is 1. The highest BCUT2D eigenvalue weighted by atomic mass is 79.9. The zero-order chi connectivity index (χ0) is 12.1. The molecule has 2 atom stereocenters. The quantitative estimate of drug-likeness (QED) is 0.703. The van der Waals surface area contributed by atoms with Crippen LogP contribution in [0, 0.1) is 0 Å². The number of hydrogen-bond acceptors (Lipinski definition) is 4. The maximum Gasteiger partial charge on any atom is 0.354 e. The molecule has 16 heavy (non-hydrogen) atoms. The number of aromatic carboxylic acids is 1. The van der Waals surface area contributed by atoms with E-state index in [1.54, 1.807) is 0 Å². The van der Waals surface area contributed by atoms with Crippen LogP contribution >= 0.6 is 15.9 Å². The Labute approximate surface area is 101 Å². The fraction of sp³-hybridized carbons (Fsp3) is 0.400. The molecule has 0 amide bonds. The fourth-order valence-electron chi connectivity index (χ4n) is 1.31. The summed E-state index contributed by atoms with van der Waals surface area (Å²) in [5.74, 6) is -1.22. The van der Waals surface area contributed by atoms with Crippen LogP contribution in [0.4, 0.5) is 0 Å². The molecule has 1 aromatic heterocycles. The van der Waals surface area contributed by atoms with Crippen LogP contribution in [0.3, 0.4) is 0 Å². The maximum atomic E-state index is 10.8. The van der Waals surface area contributed by atoms with Gasteiger partial charge in [-0.1, -0.05) is 22.0 Å². The summed E-state index contributed by atoms with van der Waals surface area (Å²) in [7, 11) is 0. The minimum atomic E-state index is -1.24. The Morgan fingerprint density at radius 2 is 2.19 bits per heavy atom. The molecule has 0 aliphatic carbocycles. The SMILES string of the molecule is O=C(O)c1ncccc1C(O)C(O)CCBr. The molecular formula is C10H12BrNO4. The number of halogens is 1. The first-order valence-electron chi connectivity index (χ1n) is 4.68. The van der Waals surface area contributed by atoms with Gasteiger partial charge in [-0.15, -0.1) is 0 Å². The molecule has 6 heteroatoms. The lowest BCUT2D eigenvalue weighted by molar-refractivity contribution is 0.0161. The highest BCUT2D eigenvalue weighted by Gasteiger charge is 2.23. The number of nitrogens with zero attached hydrogens (tertiary/aromatic N) is 1. The van der Waals surface area contributed by atoms with Gasteiger partial charge in [-0.25, -0.2) is 9.78 Å². The molecule has 0 saturated carbocycles. The zero-order valence-electron chi connectivity index (χ0n) is 8.38. The molecule has 0 aromatic carbocycles. The Hall–Kier alpha value is -0.980. The van der Waals surface area contributed by atoms with Crippen LogP contribution in [0.15, 0.2) is 18.3 Å². The van der Waals surface area contributed by atoms with Crippen LogP contribution in [0.25, 0.3) is 0 Å². The largest absolute Gasteiger partial charge is 0.477 e. The maximum absolute atomic E-state index is 10.8. The van der Waals surface area contributed by atoms with E-state index in [1.807, 2.05) is 0 Å². The van der Waals surface area contributed by atoms with E-state index in [0.29, 0.717) is 11.8 Å². The van der Waals surface area contributed by atoms with E-state index < -0.39 is 18.2 Å². The Kier molecular flexibility index (Phi) is 4.85. The van der Waals surface area contributed by atoms with Crippen molar-refractivity contribution in [1.82, 2.24) is 4.98 Å². The summed E-state index contributed by atoms with van der Waals surface area (Å²) in [5, 5.41) is 28.7. The third-order valence-corrected chi connectivity index (χ3v) is 2.59. The van der Waals surface area contributed by atoms with Crippen molar-refractivity contribution in [2.45, 2.75) is 18.6 Å². The summed E-state index contributed by atoms with van der Waals surface area (Å²) in [5.41, 5.74) is -0.105. The minimum absolute atomic E-state index is 0.128. The fourth-order valence-corrected chi connectivity index (χ4v) is 1.78. The number of rotatable bonds is 5. The van der Waals surface area contributed by atoms with E-state index in [-0.39, 0.29) is 11.3 Å². The third-order valence-electron chi connectivity index (χ3n) is 2.13. The molecule has 0 spiro atoms. The average molecular weight is 290 g/mol. The van der Waals surface area contributed by atoms with Gasteiger partial charge >= 0.3 is 5.97 Å². The minimum Gasteiger partial charge on any atom is -0.477 e. The van der Waals surface area contributed by atoms with Crippen molar-refractivity contribution in [2.24, 2.45) is 0 Å². The number of carboxylic acid groups (broad SMARTS) is 1. The van der Waals surface area contributed by atoms with Crippen LogP contribution in [-0.2, 0) is 0 Å². The van der Waals surface area contributed by atoms with Gasteiger partial charge in [0, 0.05) is 17.1 Å². The smallest absolute Gasteiger partial charge is 0.354 e. The summed E-state index contributed by atoms with van der Waals surface area (Å²) in [6, 6.07) is 2.96. The summed E-state index contributed by atoms with van der Waals surface area (Å²) >= 11 is 3.14. The zero-order valence-corrected chi connectivity index (χ0v) is 9.96. The van der Waals surface area contributed by atoms with Crippen LogP contribution in [-0.4, -0.2) is 37.7 Å². The number of carboxylic acids is 1. The van der Waals surface area contributed by atoms with Crippen LogP contribution in [0.5, 0.6) is 0 Å². The standard InChI is InChI=1S/C10H12BrNO4/c11-4-3-7(13)9(14)6-2-1-5-12-8(6)10(15)16/h1-2,5,7,9,13-14H,3-4H2,(H,15,16). The third kappa shape index (κ3) is 3.01. The molecule has 1 heterocycles. The van der Waals surface area contributed by atoms with Gasteiger partial charge in [-0.05, 0) is 12.5 Å². The number of alkyl halides is 1. The number of aliphatic hydroxyl groups is 2. The van der Waals surface area contributed by atoms with Crippen LogP contribution < -0.4 is 0 Å². The van der Waals surface area contributed by atoms with Gasteiger partial charge in [0.15, 0.2) is 5.69 Å². The predicted molar refractivity (Wildman–Crippen MR) is 60.6 cm³/mol. The van der Waals surface area contributed by atoms with Gasteiger partial charge in [0.05, 0.1) is 6.10 Å². The van der Waals surface area contributed by atoms with E-state index in [2.05, 4.69) is 20.9 Å². The first kappa shape index (κ1) is 13.1. The van der Waals surface area contributed by atoms with E-state index in [1.165, 1.54) is 18.3 Å².